The number of guanidine groups is 1. The fraction of sp³-hybridized carbons (Fsp3) is 0.429. The standard InChI is InChI=1S/C21H25N5O6/c22-21-25-17-14(19(30)26-21)9-12(10-23-17)2-1-11-3-5-13(6-4-11)18(29)24-15(20(31)32)7-8-16(27)28/h3-6,12,14-15H,1-2,7-10H2,(H,24,29)(H,27,28)(H,31,32)(H3,22,23,25,26,30)/t12-,14+,15+/m1/s1. The van der Waals surface area contributed by atoms with E-state index in [-0.39, 0.29) is 42.1 Å². The monoisotopic (exact) mass is 443 g/mol. The van der Waals surface area contributed by atoms with Crippen LogP contribution in [0.1, 0.15) is 41.6 Å². The summed E-state index contributed by atoms with van der Waals surface area (Å²) in [6.45, 7) is 0.573. The predicted molar refractivity (Wildman–Crippen MR) is 114 cm³/mol. The first-order valence-electron chi connectivity index (χ1n) is 10.3. The lowest BCUT2D eigenvalue weighted by Gasteiger charge is -2.29. The molecule has 170 valence electrons. The molecular weight excluding hydrogens is 418 g/mol. The number of hydrogen-bond acceptors (Lipinski definition) is 7. The molecular formula is C21H25N5O6. The molecule has 0 aliphatic carbocycles. The Morgan fingerprint density at radius 3 is 2.59 bits per heavy atom. The highest BCUT2D eigenvalue weighted by molar-refractivity contribution is 6.16. The summed E-state index contributed by atoms with van der Waals surface area (Å²) in [5.74, 6) is -2.77. The van der Waals surface area contributed by atoms with E-state index in [1.165, 1.54) is 0 Å². The number of hydrogen-bond donors (Lipinski definition) is 5. The Morgan fingerprint density at radius 2 is 1.94 bits per heavy atom. The summed E-state index contributed by atoms with van der Waals surface area (Å²) in [5.41, 5.74) is 6.84. The minimum Gasteiger partial charge on any atom is -0.481 e. The molecule has 0 saturated heterocycles. The van der Waals surface area contributed by atoms with E-state index in [9.17, 15) is 19.2 Å². The molecule has 3 rings (SSSR count). The molecule has 0 spiro atoms. The van der Waals surface area contributed by atoms with Crippen LogP contribution in [0.25, 0.3) is 0 Å². The average Bonchev–Trinajstić information content (AvgIpc) is 2.75. The molecule has 1 aromatic carbocycles. The van der Waals surface area contributed by atoms with Crippen molar-refractivity contribution in [1.82, 2.24) is 10.6 Å². The third kappa shape index (κ3) is 5.90. The van der Waals surface area contributed by atoms with E-state index in [0.29, 0.717) is 18.8 Å². The highest BCUT2D eigenvalue weighted by atomic mass is 16.4. The van der Waals surface area contributed by atoms with Gasteiger partial charge in [-0.15, -0.1) is 0 Å². The van der Waals surface area contributed by atoms with Crippen LogP contribution in [0.2, 0.25) is 0 Å². The van der Waals surface area contributed by atoms with Gasteiger partial charge in [-0.05, 0) is 49.3 Å². The highest BCUT2D eigenvalue weighted by Crippen LogP contribution is 2.26. The number of carbonyl (C=O) groups excluding carboxylic acids is 2. The molecule has 0 bridgehead atoms. The van der Waals surface area contributed by atoms with Gasteiger partial charge in [0.15, 0.2) is 0 Å². The van der Waals surface area contributed by atoms with Gasteiger partial charge in [-0.25, -0.2) is 4.79 Å². The number of aryl methyl sites for hydroxylation is 1. The van der Waals surface area contributed by atoms with Crippen LogP contribution in [-0.2, 0) is 20.8 Å². The highest BCUT2D eigenvalue weighted by Gasteiger charge is 2.34. The predicted octanol–water partition coefficient (Wildman–Crippen LogP) is 0.146. The molecule has 2 amide bonds. The molecule has 0 aromatic heterocycles. The van der Waals surface area contributed by atoms with Gasteiger partial charge in [0.05, 0.1) is 5.92 Å². The number of fused-ring (bicyclic) bond motifs is 1. The summed E-state index contributed by atoms with van der Waals surface area (Å²) in [5, 5.41) is 22.8. The summed E-state index contributed by atoms with van der Waals surface area (Å²) >= 11 is 0. The van der Waals surface area contributed by atoms with E-state index < -0.39 is 23.9 Å². The number of amides is 2. The molecule has 32 heavy (non-hydrogen) atoms. The number of rotatable bonds is 9. The first-order chi connectivity index (χ1) is 15.2. The number of nitrogens with two attached hydrogens (primary N) is 1. The molecule has 2 heterocycles. The minimum atomic E-state index is -1.28. The number of benzene rings is 1. The normalized spacial score (nSPS) is 20.8. The summed E-state index contributed by atoms with van der Waals surface area (Å²) in [6.07, 6.45) is 1.63. The Bertz CT molecular complexity index is 971. The van der Waals surface area contributed by atoms with Gasteiger partial charge in [-0.2, -0.15) is 4.99 Å². The smallest absolute Gasteiger partial charge is 0.326 e. The lowest BCUT2D eigenvalue weighted by molar-refractivity contribution is -0.140. The molecule has 1 aromatic rings. The molecule has 0 radical (unpaired) electrons. The van der Waals surface area contributed by atoms with Gasteiger partial charge in [0, 0.05) is 18.5 Å². The molecule has 11 nitrogen and oxygen atoms in total. The van der Waals surface area contributed by atoms with Crippen molar-refractivity contribution in [3.05, 3.63) is 35.4 Å². The zero-order chi connectivity index (χ0) is 23.3. The minimum absolute atomic E-state index is 0.0733. The lowest BCUT2D eigenvalue weighted by Crippen LogP contribution is -2.49. The third-order valence-corrected chi connectivity index (χ3v) is 5.50. The van der Waals surface area contributed by atoms with Crippen LogP contribution in [0.15, 0.2) is 34.3 Å². The fourth-order valence-corrected chi connectivity index (χ4v) is 3.72. The van der Waals surface area contributed by atoms with E-state index in [1.54, 1.807) is 24.3 Å². The van der Waals surface area contributed by atoms with Crippen molar-refractivity contribution in [1.29, 1.82) is 0 Å². The first kappa shape index (κ1) is 22.9. The van der Waals surface area contributed by atoms with Crippen LogP contribution in [0.4, 0.5) is 0 Å². The zero-order valence-corrected chi connectivity index (χ0v) is 17.3. The Hall–Kier alpha value is -3.76. The van der Waals surface area contributed by atoms with Crippen molar-refractivity contribution in [2.45, 2.75) is 38.1 Å². The summed E-state index contributed by atoms with van der Waals surface area (Å²) < 4.78 is 0. The molecule has 11 heteroatoms. The van der Waals surface area contributed by atoms with Crippen LogP contribution in [0, 0.1) is 11.8 Å². The molecule has 6 N–H and O–H groups in total. The third-order valence-electron chi connectivity index (χ3n) is 5.50. The van der Waals surface area contributed by atoms with Gasteiger partial charge in [0.1, 0.15) is 11.9 Å². The van der Waals surface area contributed by atoms with Crippen molar-refractivity contribution < 1.29 is 29.4 Å². The fourth-order valence-electron chi connectivity index (χ4n) is 3.72. The number of amidine groups is 1. The van der Waals surface area contributed by atoms with Gasteiger partial charge < -0.3 is 21.3 Å². The van der Waals surface area contributed by atoms with Crippen LogP contribution in [0.3, 0.4) is 0 Å². The van der Waals surface area contributed by atoms with Gasteiger partial charge >= 0.3 is 11.9 Å². The van der Waals surface area contributed by atoms with Crippen molar-refractivity contribution in [2.24, 2.45) is 27.6 Å². The van der Waals surface area contributed by atoms with Crippen molar-refractivity contribution in [3.63, 3.8) is 0 Å². The molecule has 2 aliphatic rings. The van der Waals surface area contributed by atoms with Gasteiger partial charge in [-0.1, -0.05) is 12.1 Å². The van der Waals surface area contributed by atoms with E-state index in [1.807, 2.05) is 0 Å². The molecule has 2 aliphatic heterocycles. The second-order valence-electron chi connectivity index (χ2n) is 7.87. The summed E-state index contributed by atoms with van der Waals surface area (Å²) in [6, 6.07) is 5.51. The molecule has 0 fully saturated rings. The first-order valence-corrected chi connectivity index (χ1v) is 10.3. The maximum Gasteiger partial charge on any atom is 0.326 e. The summed E-state index contributed by atoms with van der Waals surface area (Å²) in [7, 11) is 0. The van der Waals surface area contributed by atoms with Gasteiger partial charge in [-0.3, -0.25) is 24.7 Å². The van der Waals surface area contributed by atoms with Crippen LogP contribution in [0.5, 0.6) is 0 Å². The number of carboxylic acid groups (broad SMARTS) is 2. The van der Waals surface area contributed by atoms with Crippen molar-refractivity contribution in [2.75, 3.05) is 6.54 Å². The van der Waals surface area contributed by atoms with E-state index in [4.69, 9.17) is 15.9 Å². The number of aliphatic imine (C=N–C) groups is 2. The van der Waals surface area contributed by atoms with Crippen molar-refractivity contribution >= 4 is 35.5 Å². The number of aliphatic carboxylic acids is 2. The van der Waals surface area contributed by atoms with Crippen LogP contribution in [-0.4, -0.2) is 58.3 Å². The largest absolute Gasteiger partial charge is 0.481 e. The lowest BCUT2D eigenvalue weighted by atomic mass is 9.85. The molecule has 0 unspecified atom stereocenters. The SMILES string of the molecule is NC1=NC2=NC[C@H](CCc3ccc(C(=O)N[C@@H](CCC(=O)O)C(=O)O)cc3)C[C@@H]2C(=O)N1. The second kappa shape index (κ2) is 10.0. The van der Waals surface area contributed by atoms with E-state index >= 15 is 0 Å². The van der Waals surface area contributed by atoms with Crippen LogP contribution < -0.4 is 16.4 Å². The number of carbonyl (C=O) groups is 4. The second-order valence-corrected chi connectivity index (χ2v) is 7.87. The number of carboxylic acids is 2. The van der Waals surface area contributed by atoms with Crippen LogP contribution >= 0.6 is 0 Å². The van der Waals surface area contributed by atoms with E-state index in [2.05, 4.69) is 20.6 Å². The van der Waals surface area contributed by atoms with Gasteiger partial charge in [0.2, 0.25) is 11.9 Å². The Kier molecular flexibility index (Phi) is 7.18. The Labute approximate surface area is 183 Å². The maximum atomic E-state index is 12.3. The average molecular weight is 443 g/mol. The Morgan fingerprint density at radius 1 is 1.22 bits per heavy atom. The summed E-state index contributed by atoms with van der Waals surface area (Å²) in [4.78, 5) is 54.8. The topological polar surface area (TPSA) is 184 Å². The van der Waals surface area contributed by atoms with Gasteiger partial charge in [0.25, 0.3) is 5.91 Å². The quantitative estimate of drug-likeness (QED) is 0.359. The van der Waals surface area contributed by atoms with Crippen molar-refractivity contribution in [3.8, 4) is 0 Å². The zero-order valence-electron chi connectivity index (χ0n) is 17.3. The molecule has 0 saturated carbocycles. The number of nitrogens with zero attached hydrogens (tertiary/aromatic N) is 2. The molecule has 3 atom stereocenters. The maximum absolute atomic E-state index is 12.3. The number of nitrogens with one attached hydrogen (secondary N) is 2. The Balaban J connectivity index is 1.52. The van der Waals surface area contributed by atoms with E-state index in [0.717, 1.165) is 18.4 Å².